The van der Waals surface area contributed by atoms with Crippen LogP contribution in [-0.2, 0) is 16.0 Å². The zero-order valence-electron chi connectivity index (χ0n) is 20.4. The number of carbonyl (C=O) groups is 2. The van der Waals surface area contributed by atoms with Crippen molar-refractivity contribution in [2.45, 2.75) is 50.5 Å². The molecule has 208 valence electrons. The van der Waals surface area contributed by atoms with Crippen molar-refractivity contribution in [3.8, 4) is 5.75 Å². The van der Waals surface area contributed by atoms with Crippen molar-refractivity contribution in [1.82, 2.24) is 20.4 Å². The lowest BCUT2D eigenvalue weighted by Gasteiger charge is -2.27. The quantitative estimate of drug-likeness (QED) is 0.345. The molecule has 1 aliphatic rings. The van der Waals surface area contributed by atoms with E-state index in [-0.39, 0.29) is 16.6 Å². The number of methoxy groups -OCH3 is 1. The topological polar surface area (TPSA) is 136 Å². The Morgan fingerprint density at radius 1 is 1.15 bits per heavy atom. The second-order valence-corrected chi connectivity index (χ2v) is 10.00. The Balaban J connectivity index is 1.34. The first-order valence-corrected chi connectivity index (χ1v) is 12.6. The number of alkyl halides is 3. The second kappa shape index (κ2) is 12.0. The molecule has 1 aliphatic carbocycles. The fourth-order valence-corrected chi connectivity index (χ4v) is 5.32. The number of nitrogens with one attached hydrogen (secondary N) is 1. The number of amides is 1. The van der Waals surface area contributed by atoms with Gasteiger partial charge in [0, 0.05) is 25.0 Å². The standard InChI is InChI=1S/C24H23F4N5O5S/c1-37-20(16-10-15(6-7-17(16)25)38-24(26,27)28)21(34)30-23-33-32-19(39-23)8-12-2-4-13(5-3-12)18-9-14(22(35)36)11-29-31-18/h6-7,9-13,20H,2-5,8H2,1H3,(H,35,36)(H,30,33,34)/t12?,13?,20-/m0/s1. The lowest BCUT2D eigenvalue weighted by atomic mass is 9.79. The molecule has 0 bridgehead atoms. The SMILES string of the molecule is CO[C@H](C(=O)Nc1nnc(CC2CCC(c3cc(C(=O)O)cnn3)CC2)s1)c1cc(OC(F)(F)F)ccc1F. The molecule has 39 heavy (non-hydrogen) atoms. The number of aromatic carboxylic acids is 1. The average Bonchev–Trinajstić information content (AvgIpc) is 3.32. The molecule has 10 nitrogen and oxygen atoms in total. The molecular weight excluding hydrogens is 546 g/mol. The Morgan fingerprint density at radius 2 is 1.90 bits per heavy atom. The number of carboxylic acids is 1. The number of hydrogen-bond donors (Lipinski definition) is 2. The molecule has 3 aromatic rings. The highest BCUT2D eigenvalue weighted by Crippen LogP contribution is 2.37. The van der Waals surface area contributed by atoms with E-state index in [1.807, 2.05) is 0 Å². The fraction of sp³-hybridized carbons (Fsp3) is 0.417. The molecule has 0 radical (unpaired) electrons. The number of anilines is 1. The van der Waals surface area contributed by atoms with Gasteiger partial charge in [0.2, 0.25) is 5.13 Å². The highest BCUT2D eigenvalue weighted by Gasteiger charge is 2.33. The fourth-order valence-electron chi connectivity index (χ4n) is 4.46. The average molecular weight is 570 g/mol. The minimum Gasteiger partial charge on any atom is -0.478 e. The number of benzene rings is 1. The van der Waals surface area contributed by atoms with Gasteiger partial charge in [-0.15, -0.1) is 23.4 Å². The van der Waals surface area contributed by atoms with Crippen molar-refractivity contribution in [3.05, 3.63) is 58.1 Å². The Morgan fingerprint density at radius 3 is 2.56 bits per heavy atom. The van der Waals surface area contributed by atoms with Gasteiger partial charge >= 0.3 is 12.3 Å². The minimum absolute atomic E-state index is 0.103. The molecular formula is C24H23F4N5O5S. The van der Waals surface area contributed by atoms with Crippen molar-refractivity contribution in [3.63, 3.8) is 0 Å². The van der Waals surface area contributed by atoms with Gasteiger partial charge in [0.25, 0.3) is 5.91 Å². The Kier molecular flexibility index (Phi) is 8.70. The Hall–Kier alpha value is -3.72. The zero-order chi connectivity index (χ0) is 28.2. The van der Waals surface area contributed by atoms with Crippen LogP contribution in [0.25, 0.3) is 0 Å². The summed E-state index contributed by atoms with van der Waals surface area (Å²) in [5.41, 5.74) is 0.331. The van der Waals surface area contributed by atoms with Crippen molar-refractivity contribution < 1.29 is 41.7 Å². The van der Waals surface area contributed by atoms with Gasteiger partial charge in [0.05, 0.1) is 17.5 Å². The molecule has 1 atom stereocenters. The number of carbonyl (C=O) groups excluding carboxylic acids is 1. The van der Waals surface area contributed by atoms with E-state index in [0.717, 1.165) is 62.3 Å². The monoisotopic (exact) mass is 569 g/mol. The summed E-state index contributed by atoms with van der Waals surface area (Å²) < 4.78 is 60.8. The first-order chi connectivity index (χ1) is 18.5. The van der Waals surface area contributed by atoms with E-state index in [9.17, 15) is 27.2 Å². The smallest absolute Gasteiger partial charge is 0.478 e. The normalized spacial score (nSPS) is 18.4. The van der Waals surface area contributed by atoms with Crippen LogP contribution < -0.4 is 10.1 Å². The van der Waals surface area contributed by atoms with Crippen LogP contribution in [0.3, 0.4) is 0 Å². The van der Waals surface area contributed by atoms with E-state index in [0.29, 0.717) is 23.0 Å². The summed E-state index contributed by atoms with van der Waals surface area (Å²) in [7, 11) is 1.12. The van der Waals surface area contributed by atoms with Gasteiger partial charge in [-0.2, -0.15) is 10.2 Å². The van der Waals surface area contributed by atoms with Gasteiger partial charge in [-0.05, 0) is 55.9 Å². The summed E-state index contributed by atoms with van der Waals surface area (Å²) in [6.07, 6.45) is -1.40. The van der Waals surface area contributed by atoms with Crippen molar-refractivity contribution in [1.29, 1.82) is 0 Å². The largest absolute Gasteiger partial charge is 0.573 e. The summed E-state index contributed by atoms with van der Waals surface area (Å²) in [6, 6.07) is 3.85. The van der Waals surface area contributed by atoms with Crippen LogP contribution in [0.15, 0.2) is 30.5 Å². The van der Waals surface area contributed by atoms with Crippen molar-refractivity contribution >= 4 is 28.3 Å². The van der Waals surface area contributed by atoms with Gasteiger partial charge in [-0.3, -0.25) is 10.1 Å². The van der Waals surface area contributed by atoms with Gasteiger partial charge in [0.15, 0.2) is 6.10 Å². The van der Waals surface area contributed by atoms with E-state index in [2.05, 4.69) is 30.4 Å². The van der Waals surface area contributed by atoms with Gasteiger partial charge in [-0.1, -0.05) is 11.3 Å². The molecule has 2 heterocycles. The molecule has 2 aromatic heterocycles. The van der Waals surface area contributed by atoms with E-state index >= 15 is 0 Å². The lowest BCUT2D eigenvalue weighted by Crippen LogP contribution is -2.24. The van der Waals surface area contributed by atoms with Crippen LogP contribution in [0.1, 0.15) is 64.3 Å². The number of aromatic nitrogens is 4. The molecule has 0 unspecified atom stereocenters. The van der Waals surface area contributed by atoms with E-state index in [1.54, 1.807) is 6.07 Å². The van der Waals surface area contributed by atoms with Gasteiger partial charge in [-0.25, -0.2) is 9.18 Å². The van der Waals surface area contributed by atoms with E-state index in [1.165, 1.54) is 6.20 Å². The molecule has 2 N–H and O–H groups in total. The Bertz CT molecular complexity index is 1330. The van der Waals surface area contributed by atoms with Crippen LogP contribution in [0.4, 0.5) is 22.7 Å². The van der Waals surface area contributed by atoms with Crippen molar-refractivity contribution in [2.24, 2.45) is 5.92 Å². The molecule has 15 heteroatoms. The summed E-state index contributed by atoms with van der Waals surface area (Å²) in [5.74, 6) is -3.11. The van der Waals surface area contributed by atoms with Gasteiger partial charge in [0.1, 0.15) is 16.6 Å². The summed E-state index contributed by atoms with van der Waals surface area (Å²) in [6.45, 7) is 0. The van der Waals surface area contributed by atoms with Crippen LogP contribution in [0.5, 0.6) is 5.75 Å². The molecule has 1 saturated carbocycles. The molecule has 1 amide bonds. The number of carboxylic acid groups (broad SMARTS) is 1. The predicted octanol–water partition coefficient (Wildman–Crippen LogP) is 4.91. The number of rotatable bonds is 9. The molecule has 4 rings (SSSR count). The molecule has 1 fully saturated rings. The number of hydrogen-bond acceptors (Lipinski definition) is 9. The highest BCUT2D eigenvalue weighted by atomic mass is 32.1. The number of nitrogens with zero attached hydrogens (tertiary/aromatic N) is 4. The molecule has 0 aliphatic heterocycles. The third-order valence-electron chi connectivity index (χ3n) is 6.30. The van der Waals surface area contributed by atoms with Crippen LogP contribution in [0, 0.1) is 11.7 Å². The highest BCUT2D eigenvalue weighted by molar-refractivity contribution is 7.15. The number of ether oxygens (including phenoxy) is 2. The summed E-state index contributed by atoms with van der Waals surface area (Å²) in [5, 5.41) is 28.4. The Labute approximate surface area is 223 Å². The zero-order valence-corrected chi connectivity index (χ0v) is 21.3. The van der Waals surface area contributed by atoms with Crippen LogP contribution in [-0.4, -0.2) is 50.8 Å². The van der Waals surface area contributed by atoms with Crippen LogP contribution in [0.2, 0.25) is 0 Å². The van der Waals surface area contributed by atoms with Gasteiger partial charge < -0.3 is 14.6 Å². The minimum atomic E-state index is -4.98. The third kappa shape index (κ3) is 7.44. The molecule has 0 saturated heterocycles. The maximum atomic E-state index is 14.3. The van der Waals surface area contributed by atoms with E-state index < -0.39 is 41.5 Å². The predicted molar refractivity (Wildman–Crippen MR) is 129 cm³/mol. The second-order valence-electron chi connectivity index (χ2n) is 8.93. The first kappa shape index (κ1) is 28.3. The molecule has 1 aromatic carbocycles. The third-order valence-corrected chi connectivity index (χ3v) is 7.16. The van der Waals surface area contributed by atoms with Crippen LogP contribution >= 0.6 is 11.3 Å². The molecule has 0 spiro atoms. The summed E-state index contributed by atoms with van der Waals surface area (Å²) >= 11 is 1.13. The maximum Gasteiger partial charge on any atom is 0.573 e. The maximum absolute atomic E-state index is 14.3. The summed E-state index contributed by atoms with van der Waals surface area (Å²) in [4.78, 5) is 23.9. The van der Waals surface area contributed by atoms with E-state index in [4.69, 9.17) is 9.84 Å². The first-order valence-electron chi connectivity index (χ1n) is 11.8. The lowest BCUT2D eigenvalue weighted by molar-refractivity contribution is -0.274. The number of halogens is 4. The van der Waals surface area contributed by atoms with Crippen molar-refractivity contribution in [2.75, 3.05) is 12.4 Å².